The molecule has 3 atom stereocenters. The van der Waals surface area contributed by atoms with Crippen molar-refractivity contribution in [3.63, 3.8) is 0 Å². The number of aromatic amines is 1. The zero-order chi connectivity index (χ0) is 21.1. The molecule has 2 aromatic rings. The van der Waals surface area contributed by atoms with Crippen molar-refractivity contribution in [3.8, 4) is 0 Å². The monoisotopic (exact) mass is 418 g/mol. The standard InChI is InChI=1S/C13H19N6O8P/c1-7-4-19(13(24)17-11(7)22)10(5-20)27-28(15,25)26-6-9(21)18-3-2-8(14)16-12(18)23/h2-4,9-10,20-21H,5-6H2,1H3,(H2,15,25)(H2,14,16,23)(H,17,22,24). The summed E-state index contributed by atoms with van der Waals surface area (Å²) in [6.07, 6.45) is -0.944. The Kier molecular flexibility index (Phi) is 6.66. The third-order valence-electron chi connectivity index (χ3n) is 3.46. The fraction of sp³-hybridized carbons (Fsp3) is 0.385. The van der Waals surface area contributed by atoms with Crippen molar-refractivity contribution in [1.29, 1.82) is 0 Å². The van der Waals surface area contributed by atoms with Crippen LogP contribution < -0.4 is 28.2 Å². The SMILES string of the molecule is Cc1cn(C(CO)OP(N)(=O)OCC(O)n2ccc(N)nc2=O)c(=O)[nH]c1=O. The molecule has 0 amide bonds. The molecule has 7 N–H and O–H groups in total. The van der Waals surface area contributed by atoms with Crippen LogP contribution in [0.1, 0.15) is 18.0 Å². The predicted octanol–water partition coefficient (Wildman–Crippen LogP) is -2.23. The van der Waals surface area contributed by atoms with Gasteiger partial charge in [-0.25, -0.2) is 19.7 Å². The van der Waals surface area contributed by atoms with Crippen LogP contribution in [0.2, 0.25) is 0 Å². The van der Waals surface area contributed by atoms with E-state index in [1.54, 1.807) is 0 Å². The van der Waals surface area contributed by atoms with Gasteiger partial charge in [-0.1, -0.05) is 0 Å². The van der Waals surface area contributed by atoms with E-state index in [1.165, 1.54) is 13.0 Å². The van der Waals surface area contributed by atoms with Gasteiger partial charge in [0.2, 0.25) is 0 Å². The van der Waals surface area contributed by atoms with Gasteiger partial charge in [-0.3, -0.25) is 28.0 Å². The number of anilines is 1. The summed E-state index contributed by atoms with van der Waals surface area (Å²) in [7, 11) is -4.41. The summed E-state index contributed by atoms with van der Waals surface area (Å²) in [5.74, 6) is -0.0605. The van der Waals surface area contributed by atoms with Gasteiger partial charge in [0.05, 0.1) is 6.61 Å². The Labute approximate surface area is 156 Å². The molecule has 0 saturated heterocycles. The van der Waals surface area contributed by atoms with Gasteiger partial charge >= 0.3 is 19.1 Å². The highest BCUT2D eigenvalue weighted by Gasteiger charge is 2.27. The molecule has 3 unspecified atom stereocenters. The van der Waals surface area contributed by atoms with E-state index in [0.29, 0.717) is 0 Å². The highest BCUT2D eigenvalue weighted by molar-refractivity contribution is 7.51. The number of rotatable bonds is 8. The normalized spacial score (nSPS) is 15.7. The lowest BCUT2D eigenvalue weighted by Gasteiger charge is -2.23. The minimum Gasteiger partial charge on any atom is -0.392 e. The molecule has 0 bridgehead atoms. The van der Waals surface area contributed by atoms with Crippen LogP contribution in [0.3, 0.4) is 0 Å². The first kappa shape index (κ1) is 21.7. The van der Waals surface area contributed by atoms with Crippen molar-refractivity contribution >= 4 is 13.6 Å². The summed E-state index contributed by atoms with van der Waals surface area (Å²) in [5, 5.41) is 19.4. The summed E-state index contributed by atoms with van der Waals surface area (Å²) in [6.45, 7) is -0.173. The van der Waals surface area contributed by atoms with E-state index in [9.17, 15) is 29.2 Å². The van der Waals surface area contributed by atoms with Gasteiger partial charge < -0.3 is 15.9 Å². The van der Waals surface area contributed by atoms with Crippen molar-refractivity contribution in [2.75, 3.05) is 18.9 Å². The molecule has 0 aromatic carbocycles. The van der Waals surface area contributed by atoms with Gasteiger partial charge in [0.25, 0.3) is 5.56 Å². The van der Waals surface area contributed by atoms with Crippen LogP contribution in [0.15, 0.2) is 32.8 Å². The fourth-order valence-corrected chi connectivity index (χ4v) is 2.99. The van der Waals surface area contributed by atoms with Crippen LogP contribution in [-0.2, 0) is 13.6 Å². The fourth-order valence-electron chi connectivity index (χ4n) is 2.08. The number of aromatic nitrogens is 4. The van der Waals surface area contributed by atoms with Crippen LogP contribution in [0.25, 0.3) is 0 Å². The number of H-pyrrole nitrogens is 1. The number of nitrogens with zero attached hydrogens (tertiary/aromatic N) is 3. The van der Waals surface area contributed by atoms with Crippen molar-refractivity contribution in [1.82, 2.24) is 19.1 Å². The quantitative estimate of drug-likeness (QED) is 0.289. The van der Waals surface area contributed by atoms with E-state index in [-0.39, 0.29) is 11.4 Å². The topological polar surface area (TPSA) is 218 Å². The van der Waals surface area contributed by atoms with E-state index in [2.05, 4.69) is 4.98 Å². The van der Waals surface area contributed by atoms with Gasteiger partial charge in [0.1, 0.15) is 12.4 Å². The maximum absolute atomic E-state index is 12.3. The Morgan fingerprint density at radius 1 is 1.36 bits per heavy atom. The number of hydrogen-bond donors (Lipinski definition) is 5. The van der Waals surface area contributed by atoms with Gasteiger partial charge in [0, 0.05) is 18.0 Å². The number of aliphatic hydroxyl groups is 2. The van der Waals surface area contributed by atoms with Crippen LogP contribution in [0.5, 0.6) is 0 Å². The smallest absolute Gasteiger partial charge is 0.392 e. The zero-order valence-corrected chi connectivity index (χ0v) is 15.5. The predicted molar refractivity (Wildman–Crippen MR) is 95.2 cm³/mol. The lowest BCUT2D eigenvalue weighted by atomic mass is 10.4. The summed E-state index contributed by atoms with van der Waals surface area (Å²) in [5.41, 5.74) is 8.41. The van der Waals surface area contributed by atoms with E-state index < -0.39 is 50.4 Å². The van der Waals surface area contributed by atoms with E-state index in [1.807, 2.05) is 4.98 Å². The zero-order valence-electron chi connectivity index (χ0n) is 14.6. The lowest BCUT2D eigenvalue weighted by molar-refractivity contribution is 0.0103. The van der Waals surface area contributed by atoms with Crippen molar-refractivity contribution in [3.05, 3.63) is 55.3 Å². The Morgan fingerprint density at radius 2 is 2.04 bits per heavy atom. The van der Waals surface area contributed by atoms with Gasteiger partial charge in [-0.15, -0.1) is 0 Å². The summed E-state index contributed by atoms with van der Waals surface area (Å²) < 4.78 is 23.6. The molecule has 2 aromatic heterocycles. The minimum atomic E-state index is -4.41. The third-order valence-corrected chi connectivity index (χ3v) is 4.50. The first-order valence-corrected chi connectivity index (χ1v) is 9.32. The average Bonchev–Trinajstić information content (AvgIpc) is 2.61. The molecule has 28 heavy (non-hydrogen) atoms. The average molecular weight is 418 g/mol. The van der Waals surface area contributed by atoms with Crippen molar-refractivity contribution in [2.24, 2.45) is 5.50 Å². The summed E-state index contributed by atoms with van der Waals surface area (Å²) >= 11 is 0. The number of nitrogens with two attached hydrogens (primary N) is 2. The first-order valence-electron chi connectivity index (χ1n) is 7.71. The minimum absolute atomic E-state index is 0.0605. The molecule has 0 aliphatic carbocycles. The first-order chi connectivity index (χ1) is 13.0. The van der Waals surface area contributed by atoms with Gasteiger partial charge in [-0.2, -0.15) is 4.98 Å². The molecular formula is C13H19N6O8P. The summed E-state index contributed by atoms with van der Waals surface area (Å²) in [6, 6.07) is 1.25. The van der Waals surface area contributed by atoms with Crippen molar-refractivity contribution in [2.45, 2.75) is 19.4 Å². The molecule has 2 heterocycles. The molecule has 0 radical (unpaired) electrons. The number of nitrogens with one attached hydrogen (secondary N) is 1. The molecule has 0 aliphatic heterocycles. The Bertz CT molecular complexity index is 1060. The van der Waals surface area contributed by atoms with Crippen LogP contribution in [0.4, 0.5) is 5.82 Å². The number of hydrogen-bond acceptors (Lipinski definition) is 10. The Morgan fingerprint density at radius 3 is 2.64 bits per heavy atom. The molecular weight excluding hydrogens is 399 g/mol. The molecule has 14 nitrogen and oxygen atoms in total. The van der Waals surface area contributed by atoms with Crippen LogP contribution in [-0.4, -0.2) is 42.5 Å². The van der Waals surface area contributed by atoms with E-state index >= 15 is 0 Å². The van der Waals surface area contributed by atoms with Crippen molar-refractivity contribution < 1.29 is 23.8 Å². The van der Waals surface area contributed by atoms with E-state index in [4.69, 9.17) is 20.3 Å². The maximum Gasteiger partial charge on any atom is 0.405 e. The Hall–Kier alpha value is -2.61. The number of aliphatic hydroxyl groups excluding tert-OH is 2. The third kappa shape index (κ3) is 5.22. The second kappa shape index (κ2) is 8.60. The molecule has 0 saturated carbocycles. The van der Waals surface area contributed by atoms with Gasteiger partial charge in [0.15, 0.2) is 12.5 Å². The van der Waals surface area contributed by atoms with Crippen LogP contribution >= 0.6 is 7.75 Å². The largest absolute Gasteiger partial charge is 0.405 e. The van der Waals surface area contributed by atoms with Crippen LogP contribution in [0, 0.1) is 6.92 Å². The molecule has 2 rings (SSSR count). The second-order valence-corrected chi connectivity index (χ2v) is 7.13. The molecule has 0 aliphatic rings. The second-order valence-electron chi connectivity index (χ2n) is 5.58. The number of aryl methyl sites for hydroxylation is 1. The number of nitrogen functional groups attached to an aromatic ring is 1. The van der Waals surface area contributed by atoms with Gasteiger partial charge in [-0.05, 0) is 13.0 Å². The van der Waals surface area contributed by atoms with E-state index in [0.717, 1.165) is 21.5 Å². The highest BCUT2D eigenvalue weighted by Crippen LogP contribution is 2.43. The lowest BCUT2D eigenvalue weighted by Crippen LogP contribution is -2.35. The summed E-state index contributed by atoms with van der Waals surface area (Å²) in [4.78, 5) is 40.3. The molecule has 15 heteroatoms. The highest BCUT2D eigenvalue weighted by atomic mass is 31.2. The molecule has 0 spiro atoms. The molecule has 0 fully saturated rings. The maximum atomic E-state index is 12.3. The Balaban J connectivity index is 2.12. The molecule has 154 valence electrons.